The van der Waals surface area contributed by atoms with E-state index in [0.717, 1.165) is 40.1 Å². The molecule has 5 rings (SSSR count). The second-order valence-electron chi connectivity index (χ2n) is 7.63. The minimum Gasteiger partial charge on any atom is -0.454 e. The molecule has 0 bridgehead atoms. The zero-order valence-corrected chi connectivity index (χ0v) is 16.9. The Morgan fingerprint density at radius 3 is 2.65 bits per heavy atom. The molecule has 1 atom stereocenters. The lowest BCUT2D eigenvalue weighted by Crippen LogP contribution is -2.29. The Kier molecular flexibility index (Phi) is 4.74. The van der Waals surface area contributed by atoms with Gasteiger partial charge in [-0.05, 0) is 54.8 Å². The van der Waals surface area contributed by atoms with E-state index in [2.05, 4.69) is 11.9 Å². The first kappa shape index (κ1) is 19.0. The average Bonchev–Trinajstić information content (AvgIpc) is 3.19. The fraction of sp³-hybridized carbons (Fsp3) is 0.217. The van der Waals surface area contributed by atoms with Crippen LogP contribution in [0.3, 0.4) is 0 Å². The van der Waals surface area contributed by atoms with Crippen LogP contribution < -0.4 is 9.47 Å². The summed E-state index contributed by atoms with van der Waals surface area (Å²) in [5.74, 6) is 1.41. The molecule has 3 aromatic rings. The van der Waals surface area contributed by atoms with Gasteiger partial charge in [0.05, 0.1) is 17.2 Å². The predicted molar refractivity (Wildman–Crippen MR) is 114 cm³/mol. The molecule has 1 unspecified atom stereocenters. The summed E-state index contributed by atoms with van der Waals surface area (Å²) < 4.78 is 11.2. The number of non-ortho nitro benzene ring substituents is 1. The number of hydrogen-bond acceptors (Lipinski definition) is 7. The molecule has 0 saturated heterocycles. The second kappa shape index (κ2) is 7.71. The third-order valence-corrected chi connectivity index (χ3v) is 5.53. The Morgan fingerprint density at radius 1 is 1.16 bits per heavy atom. The van der Waals surface area contributed by atoms with Crippen molar-refractivity contribution in [1.82, 2.24) is 9.99 Å². The molecule has 0 saturated carbocycles. The summed E-state index contributed by atoms with van der Waals surface area (Å²) in [4.78, 5) is 14.9. The maximum atomic E-state index is 11.1. The molecule has 0 amide bonds. The number of hydrogen-bond donors (Lipinski definition) is 0. The van der Waals surface area contributed by atoms with Gasteiger partial charge in [-0.2, -0.15) is 5.10 Å². The van der Waals surface area contributed by atoms with Gasteiger partial charge >= 0.3 is 0 Å². The summed E-state index contributed by atoms with van der Waals surface area (Å²) in [5.41, 5.74) is 4.69. The first-order chi connectivity index (χ1) is 15.1. The van der Waals surface area contributed by atoms with Crippen LogP contribution in [-0.4, -0.2) is 33.5 Å². The fourth-order valence-corrected chi connectivity index (χ4v) is 3.90. The second-order valence-corrected chi connectivity index (χ2v) is 7.63. The number of rotatable bonds is 4. The molecule has 156 valence electrons. The van der Waals surface area contributed by atoms with Gasteiger partial charge in [0.2, 0.25) is 6.79 Å². The number of benzene rings is 2. The summed E-state index contributed by atoms with van der Waals surface area (Å²) in [6, 6.07) is 14.5. The van der Waals surface area contributed by atoms with Crippen LogP contribution in [0.1, 0.15) is 29.2 Å². The van der Waals surface area contributed by atoms with Gasteiger partial charge in [-0.15, -0.1) is 0 Å². The van der Waals surface area contributed by atoms with Gasteiger partial charge in [-0.3, -0.25) is 20.1 Å². The Morgan fingerprint density at radius 2 is 1.94 bits per heavy atom. The lowest BCUT2D eigenvalue weighted by atomic mass is 9.94. The molecule has 0 fully saturated rings. The van der Waals surface area contributed by atoms with Crippen molar-refractivity contribution in [2.75, 3.05) is 6.79 Å². The standard InChI is InChI=1S/C23H20N4O4/c1-15-9-18-10-21-22(31-14-30-21)11-20(18)23(17-4-6-19(7-5-17)27(28)29)25-26(15)13-16-3-2-8-24-12-16/h2-8,10-12,15H,9,13-14H2,1H3. The molecule has 3 heterocycles. The number of nitrogens with zero attached hydrogens (tertiary/aromatic N) is 4. The van der Waals surface area contributed by atoms with E-state index < -0.39 is 4.92 Å². The first-order valence-corrected chi connectivity index (χ1v) is 10.0. The predicted octanol–water partition coefficient (Wildman–Crippen LogP) is 3.92. The summed E-state index contributed by atoms with van der Waals surface area (Å²) in [6.07, 6.45) is 4.35. The minimum atomic E-state index is -0.401. The van der Waals surface area contributed by atoms with Crippen LogP contribution in [0.4, 0.5) is 5.69 Å². The highest BCUT2D eigenvalue weighted by Gasteiger charge is 2.27. The Balaban J connectivity index is 1.62. The van der Waals surface area contributed by atoms with Crippen LogP contribution in [0.25, 0.3) is 0 Å². The minimum absolute atomic E-state index is 0.0458. The molecule has 31 heavy (non-hydrogen) atoms. The van der Waals surface area contributed by atoms with E-state index in [0.29, 0.717) is 12.3 Å². The highest BCUT2D eigenvalue weighted by atomic mass is 16.7. The molecule has 0 N–H and O–H groups in total. The lowest BCUT2D eigenvalue weighted by molar-refractivity contribution is -0.384. The van der Waals surface area contributed by atoms with Crippen molar-refractivity contribution in [3.63, 3.8) is 0 Å². The molecule has 0 aliphatic carbocycles. The first-order valence-electron chi connectivity index (χ1n) is 10.0. The zero-order chi connectivity index (χ0) is 21.4. The van der Waals surface area contributed by atoms with Crippen molar-refractivity contribution < 1.29 is 14.4 Å². The van der Waals surface area contributed by atoms with Crippen LogP contribution in [-0.2, 0) is 13.0 Å². The summed E-state index contributed by atoms with van der Waals surface area (Å²) in [7, 11) is 0. The monoisotopic (exact) mass is 416 g/mol. The number of fused-ring (bicyclic) bond motifs is 2. The molecule has 2 aromatic carbocycles. The van der Waals surface area contributed by atoms with Gasteiger partial charge in [0.25, 0.3) is 5.69 Å². The average molecular weight is 416 g/mol. The quantitative estimate of drug-likeness (QED) is 0.473. The van der Waals surface area contributed by atoms with Gasteiger partial charge in [0, 0.05) is 41.7 Å². The van der Waals surface area contributed by atoms with E-state index in [9.17, 15) is 10.1 Å². The normalized spacial score (nSPS) is 17.0. The van der Waals surface area contributed by atoms with E-state index in [1.165, 1.54) is 12.1 Å². The number of nitro groups is 1. The SMILES string of the molecule is CC1Cc2cc3c(cc2C(c2ccc([N+](=O)[O-])cc2)=NN1Cc1cccnc1)OCO3. The molecule has 8 nitrogen and oxygen atoms in total. The highest BCUT2D eigenvalue weighted by molar-refractivity contribution is 6.14. The molecule has 0 radical (unpaired) electrons. The van der Waals surface area contributed by atoms with Crippen molar-refractivity contribution in [2.45, 2.75) is 25.9 Å². The van der Waals surface area contributed by atoms with Gasteiger partial charge in [0.15, 0.2) is 11.5 Å². The van der Waals surface area contributed by atoms with Crippen LogP contribution in [0.15, 0.2) is 66.0 Å². The summed E-state index contributed by atoms with van der Waals surface area (Å²) >= 11 is 0. The molecular weight excluding hydrogens is 396 g/mol. The smallest absolute Gasteiger partial charge is 0.269 e. The Bertz CT molecular complexity index is 1160. The van der Waals surface area contributed by atoms with E-state index in [1.54, 1.807) is 18.3 Å². The summed E-state index contributed by atoms with van der Waals surface area (Å²) in [6.45, 7) is 2.93. The molecule has 1 aromatic heterocycles. The third-order valence-electron chi connectivity index (χ3n) is 5.53. The number of aromatic nitrogens is 1. The number of nitro benzene ring substituents is 1. The number of ether oxygens (including phenoxy) is 2. The zero-order valence-electron chi connectivity index (χ0n) is 16.9. The van der Waals surface area contributed by atoms with E-state index in [4.69, 9.17) is 14.6 Å². The van der Waals surface area contributed by atoms with Crippen LogP contribution in [0.2, 0.25) is 0 Å². The maximum absolute atomic E-state index is 11.1. The highest BCUT2D eigenvalue weighted by Crippen LogP contribution is 2.38. The molecule has 2 aliphatic rings. The van der Waals surface area contributed by atoms with Crippen molar-refractivity contribution in [3.8, 4) is 11.5 Å². The van der Waals surface area contributed by atoms with Gasteiger partial charge in [-0.1, -0.05) is 6.07 Å². The van der Waals surface area contributed by atoms with E-state index >= 15 is 0 Å². The van der Waals surface area contributed by atoms with Gasteiger partial charge in [0.1, 0.15) is 0 Å². The van der Waals surface area contributed by atoms with Crippen LogP contribution in [0.5, 0.6) is 11.5 Å². The molecule has 2 aliphatic heterocycles. The lowest BCUT2D eigenvalue weighted by Gasteiger charge is -2.25. The molecular formula is C23H20N4O4. The Labute approximate surface area is 178 Å². The van der Waals surface area contributed by atoms with Crippen LogP contribution in [0, 0.1) is 10.1 Å². The third kappa shape index (κ3) is 3.68. The van der Waals surface area contributed by atoms with E-state index in [-0.39, 0.29) is 18.5 Å². The number of hydrazone groups is 1. The topological polar surface area (TPSA) is 90.1 Å². The van der Waals surface area contributed by atoms with Crippen molar-refractivity contribution in [3.05, 3.63) is 93.3 Å². The van der Waals surface area contributed by atoms with Crippen molar-refractivity contribution in [1.29, 1.82) is 0 Å². The number of pyridine rings is 1. The van der Waals surface area contributed by atoms with Gasteiger partial charge < -0.3 is 9.47 Å². The molecule has 0 spiro atoms. The van der Waals surface area contributed by atoms with Gasteiger partial charge in [-0.25, -0.2) is 0 Å². The van der Waals surface area contributed by atoms with Crippen molar-refractivity contribution in [2.24, 2.45) is 5.10 Å². The Hall–Kier alpha value is -3.94. The van der Waals surface area contributed by atoms with Crippen molar-refractivity contribution >= 4 is 11.4 Å². The summed E-state index contributed by atoms with van der Waals surface area (Å²) in [5, 5.41) is 18.2. The largest absolute Gasteiger partial charge is 0.454 e. The van der Waals surface area contributed by atoms with Crippen LogP contribution >= 0.6 is 0 Å². The fourth-order valence-electron chi connectivity index (χ4n) is 3.90. The van der Waals surface area contributed by atoms with E-state index in [1.807, 2.05) is 35.5 Å². The molecule has 8 heteroatoms. The maximum Gasteiger partial charge on any atom is 0.269 e.